The lowest BCUT2D eigenvalue weighted by Crippen LogP contribution is -2.46. The van der Waals surface area contributed by atoms with Crippen LogP contribution in [-0.2, 0) is 4.74 Å². The van der Waals surface area contributed by atoms with Gasteiger partial charge in [-0.15, -0.1) is 0 Å². The molecule has 2 aliphatic heterocycles. The van der Waals surface area contributed by atoms with Gasteiger partial charge in [-0.1, -0.05) is 6.07 Å². The number of nitro groups is 1. The lowest BCUT2D eigenvalue weighted by Gasteiger charge is -2.33. The third-order valence-electron chi connectivity index (χ3n) is 5.14. The van der Waals surface area contributed by atoms with Crippen LogP contribution < -0.4 is 5.32 Å². The minimum Gasteiger partial charge on any atom is -0.381 e. The summed E-state index contributed by atoms with van der Waals surface area (Å²) in [5, 5.41) is 14.0. The third-order valence-corrected chi connectivity index (χ3v) is 5.14. The zero-order valence-electron chi connectivity index (χ0n) is 14.6. The van der Waals surface area contributed by atoms with Crippen molar-refractivity contribution in [1.82, 2.24) is 10.2 Å². The van der Waals surface area contributed by atoms with Crippen LogP contribution in [0.4, 0.5) is 5.69 Å². The molecule has 7 heteroatoms. The van der Waals surface area contributed by atoms with Gasteiger partial charge in [-0.2, -0.15) is 0 Å². The van der Waals surface area contributed by atoms with Gasteiger partial charge < -0.3 is 15.0 Å². The molecule has 25 heavy (non-hydrogen) atoms. The van der Waals surface area contributed by atoms with E-state index in [2.05, 4.69) is 10.2 Å². The summed E-state index contributed by atoms with van der Waals surface area (Å²) < 4.78 is 5.43. The number of nitro benzene ring substituents is 1. The minimum atomic E-state index is -0.471. The topological polar surface area (TPSA) is 84.7 Å². The molecule has 7 nitrogen and oxygen atoms in total. The highest BCUT2D eigenvalue weighted by Gasteiger charge is 2.25. The Morgan fingerprint density at radius 3 is 2.76 bits per heavy atom. The molecule has 0 spiro atoms. The molecule has 2 saturated heterocycles. The maximum atomic E-state index is 12.5. The number of carbonyl (C=O) groups is 1. The van der Waals surface area contributed by atoms with Gasteiger partial charge in [0.25, 0.3) is 11.6 Å². The van der Waals surface area contributed by atoms with Gasteiger partial charge in [0.1, 0.15) is 0 Å². The van der Waals surface area contributed by atoms with Crippen LogP contribution in [-0.4, -0.2) is 54.6 Å². The van der Waals surface area contributed by atoms with Crippen LogP contribution in [0.2, 0.25) is 0 Å². The molecule has 0 aliphatic carbocycles. The number of hydrogen-bond donors (Lipinski definition) is 1. The Hall–Kier alpha value is -1.99. The molecular formula is C18H25N3O4. The summed E-state index contributed by atoms with van der Waals surface area (Å²) in [5.74, 6) is 0.419. The summed E-state index contributed by atoms with van der Waals surface area (Å²) in [7, 11) is 0. The van der Waals surface area contributed by atoms with Gasteiger partial charge in [-0.25, -0.2) is 0 Å². The van der Waals surface area contributed by atoms with Crippen molar-refractivity contribution in [2.75, 3.05) is 32.8 Å². The van der Waals surface area contributed by atoms with Crippen LogP contribution in [0, 0.1) is 23.0 Å². The zero-order chi connectivity index (χ0) is 17.8. The number of aryl methyl sites for hydroxylation is 1. The first-order valence-corrected chi connectivity index (χ1v) is 8.89. The van der Waals surface area contributed by atoms with E-state index in [1.54, 1.807) is 13.0 Å². The quantitative estimate of drug-likeness (QED) is 0.651. The molecule has 1 amide bonds. The van der Waals surface area contributed by atoms with E-state index in [-0.39, 0.29) is 17.6 Å². The van der Waals surface area contributed by atoms with Crippen molar-refractivity contribution in [3.63, 3.8) is 0 Å². The maximum Gasteiger partial charge on any atom is 0.270 e. The number of hydrogen-bond acceptors (Lipinski definition) is 5. The number of carbonyl (C=O) groups excluding carboxylic acids is 1. The maximum absolute atomic E-state index is 12.5. The standard InChI is InChI=1S/C18H25N3O4/c1-13-2-3-16(21(23)24)10-17(13)18(22)19-15-4-7-20(8-5-15)11-14-6-9-25-12-14/h2-3,10,14-15H,4-9,11-12H2,1H3,(H,19,22). The fourth-order valence-corrected chi connectivity index (χ4v) is 3.58. The number of ether oxygens (including phenoxy) is 1. The molecule has 1 aromatic carbocycles. The highest BCUT2D eigenvalue weighted by molar-refractivity contribution is 5.96. The lowest BCUT2D eigenvalue weighted by molar-refractivity contribution is -0.384. The predicted molar refractivity (Wildman–Crippen MR) is 93.7 cm³/mol. The molecule has 0 saturated carbocycles. The van der Waals surface area contributed by atoms with E-state index in [4.69, 9.17) is 4.74 Å². The van der Waals surface area contributed by atoms with Crippen LogP contribution in [0.3, 0.4) is 0 Å². The van der Waals surface area contributed by atoms with E-state index in [0.29, 0.717) is 11.5 Å². The summed E-state index contributed by atoms with van der Waals surface area (Å²) in [5.41, 5.74) is 1.09. The zero-order valence-corrected chi connectivity index (χ0v) is 14.6. The second-order valence-electron chi connectivity index (χ2n) is 7.03. The molecule has 1 aromatic rings. The SMILES string of the molecule is Cc1ccc([N+](=O)[O-])cc1C(=O)NC1CCN(CC2CCOC2)CC1. The molecule has 2 fully saturated rings. The Bertz CT molecular complexity index is 635. The number of nitrogens with one attached hydrogen (secondary N) is 1. The normalized spacial score (nSPS) is 22.0. The molecular weight excluding hydrogens is 322 g/mol. The van der Waals surface area contributed by atoms with Gasteiger partial charge in [0.2, 0.25) is 0 Å². The highest BCUT2D eigenvalue weighted by Crippen LogP contribution is 2.20. The molecule has 2 heterocycles. The van der Waals surface area contributed by atoms with Gasteiger partial charge >= 0.3 is 0 Å². The van der Waals surface area contributed by atoms with Crippen molar-refractivity contribution in [2.45, 2.75) is 32.2 Å². The Balaban J connectivity index is 1.52. The molecule has 0 radical (unpaired) electrons. The van der Waals surface area contributed by atoms with Crippen LogP contribution in [0.5, 0.6) is 0 Å². The number of likely N-dealkylation sites (tertiary alicyclic amines) is 1. The summed E-state index contributed by atoms with van der Waals surface area (Å²) >= 11 is 0. The summed E-state index contributed by atoms with van der Waals surface area (Å²) in [6, 6.07) is 4.54. The first kappa shape index (κ1) is 17.8. The van der Waals surface area contributed by atoms with E-state index in [1.807, 2.05) is 0 Å². The average molecular weight is 347 g/mol. The Morgan fingerprint density at radius 1 is 1.36 bits per heavy atom. The Morgan fingerprint density at radius 2 is 2.12 bits per heavy atom. The van der Waals surface area contributed by atoms with Crippen molar-refractivity contribution >= 4 is 11.6 Å². The van der Waals surface area contributed by atoms with Crippen molar-refractivity contribution in [1.29, 1.82) is 0 Å². The van der Waals surface area contributed by atoms with Gasteiger partial charge in [-0.3, -0.25) is 14.9 Å². The van der Waals surface area contributed by atoms with E-state index in [1.165, 1.54) is 12.1 Å². The van der Waals surface area contributed by atoms with Crippen LogP contribution in [0.15, 0.2) is 18.2 Å². The van der Waals surface area contributed by atoms with E-state index < -0.39 is 4.92 Å². The largest absolute Gasteiger partial charge is 0.381 e. The third kappa shape index (κ3) is 4.55. The highest BCUT2D eigenvalue weighted by atomic mass is 16.6. The molecule has 1 atom stereocenters. The molecule has 1 unspecified atom stereocenters. The van der Waals surface area contributed by atoms with Crippen LogP contribution in [0.25, 0.3) is 0 Å². The fourth-order valence-electron chi connectivity index (χ4n) is 3.58. The molecule has 136 valence electrons. The fraction of sp³-hybridized carbons (Fsp3) is 0.611. The first-order valence-electron chi connectivity index (χ1n) is 8.89. The Labute approximate surface area is 147 Å². The van der Waals surface area contributed by atoms with E-state index >= 15 is 0 Å². The first-order chi connectivity index (χ1) is 12.0. The van der Waals surface area contributed by atoms with Crippen LogP contribution >= 0.6 is 0 Å². The molecule has 2 aliphatic rings. The molecule has 3 rings (SSSR count). The molecule has 0 bridgehead atoms. The number of piperidine rings is 1. The van der Waals surface area contributed by atoms with E-state index in [9.17, 15) is 14.9 Å². The van der Waals surface area contributed by atoms with E-state index in [0.717, 1.165) is 57.7 Å². The number of amides is 1. The van der Waals surface area contributed by atoms with Crippen molar-refractivity contribution in [3.8, 4) is 0 Å². The minimum absolute atomic E-state index is 0.0515. The molecule has 0 aromatic heterocycles. The Kier molecular flexibility index (Phi) is 5.65. The van der Waals surface area contributed by atoms with Gasteiger partial charge in [-0.05, 0) is 37.7 Å². The summed E-state index contributed by atoms with van der Waals surface area (Å²) in [6.07, 6.45) is 2.96. The number of non-ortho nitro benzene ring substituents is 1. The van der Waals surface area contributed by atoms with Gasteiger partial charge in [0.05, 0.1) is 11.5 Å². The molecule has 1 N–H and O–H groups in total. The number of benzene rings is 1. The number of nitrogens with zero attached hydrogens (tertiary/aromatic N) is 2. The van der Waals surface area contributed by atoms with Crippen molar-refractivity contribution < 1.29 is 14.5 Å². The van der Waals surface area contributed by atoms with Crippen LogP contribution in [0.1, 0.15) is 35.2 Å². The predicted octanol–water partition coefficient (Wildman–Crippen LogP) is 2.13. The summed E-state index contributed by atoms with van der Waals surface area (Å²) in [6.45, 7) is 6.54. The second-order valence-corrected chi connectivity index (χ2v) is 7.03. The van der Waals surface area contributed by atoms with Crippen molar-refractivity contribution in [3.05, 3.63) is 39.4 Å². The monoisotopic (exact) mass is 347 g/mol. The lowest BCUT2D eigenvalue weighted by atomic mass is 10.0. The van der Waals surface area contributed by atoms with Crippen molar-refractivity contribution in [2.24, 2.45) is 5.92 Å². The average Bonchev–Trinajstić information content (AvgIpc) is 3.09. The smallest absolute Gasteiger partial charge is 0.270 e. The second kappa shape index (κ2) is 7.93. The van der Waals surface area contributed by atoms with Gasteiger partial charge in [0, 0.05) is 50.0 Å². The number of rotatable bonds is 5. The summed E-state index contributed by atoms with van der Waals surface area (Å²) in [4.78, 5) is 25.4. The van der Waals surface area contributed by atoms with Gasteiger partial charge in [0.15, 0.2) is 0 Å².